The van der Waals surface area contributed by atoms with Crippen LogP contribution in [-0.4, -0.2) is 28.3 Å². The van der Waals surface area contributed by atoms with Crippen LogP contribution in [0.3, 0.4) is 0 Å². The number of nitrogens with zero attached hydrogens (tertiary/aromatic N) is 4. The van der Waals surface area contributed by atoms with Gasteiger partial charge >= 0.3 is 0 Å². The van der Waals surface area contributed by atoms with Crippen LogP contribution in [0.25, 0.3) is 0 Å². The van der Waals surface area contributed by atoms with Gasteiger partial charge in [0.1, 0.15) is 5.82 Å². The van der Waals surface area contributed by atoms with Gasteiger partial charge in [-0.15, -0.1) is 5.10 Å². The van der Waals surface area contributed by atoms with E-state index >= 15 is 0 Å². The number of hydrogen-bond donors (Lipinski definition) is 1. The van der Waals surface area contributed by atoms with Gasteiger partial charge in [0.2, 0.25) is 5.95 Å². The summed E-state index contributed by atoms with van der Waals surface area (Å²) in [5.41, 5.74) is 2.11. The Kier molecular flexibility index (Phi) is 5.51. The normalized spacial score (nSPS) is 10.5. The number of benzene rings is 2. The Hall–Kier alpha value is -3.02. The van der Waals surface area contributed by atoms with Crippen molar-refractivity contribution in [1.29, 1.82) is 0 Å². The molecule has 0 aliphatic heterocycles. The second kappa shape index (κ2) is 8.19. The summed E-state index contributed by atoms with van der Waals surface area (Å²) in [6.07, 6.45) is 2.41. The summed E-state index contributed by atoms with van der Waals surface area (Å²) < 4.78 is 12.9. The Labute approximate surface area is 146 Å². The van der Waals surface area contributed by atoms with E-state index in [2.05, 4.69) is 32.3 Å². The van der Waals surface area contributed by atoms with Gasteiger partial charge in [-0.2, -0.15) is 10.1 Å². The maximum Gasteiger partial charge on any atom is 0.244 e. The number of nitrogens with one attached hydrogen (secondary N) is 1. The van der Waals surface area contributed by atoms with Crippen molar-refractivity contribution in [2.75, 3.05) is 23.3 Å². The lowest BCUT2D eigenvalue weighted by Gasteiger charge is -2.21. The van der Waals surface area contributed by atoms with Gasteiger partial charge in [-0.1, -0.05) is 30.3 Å². The van der Waals surface area contributed by atoms with E-state index in [-0.39, 0.29) is 5.82 Å². The van der Waals surface area contributed by atoms with Gasteiger partial charge in [0.25, 0.3) is 0 Å². The first-order chi connectivity index (χ1) is 12.3. The zero-order chi connectivity index (χ0) is 17.5. The van der Waals surface area contributed by atoms with Crippen molar-refractivity contribution in [2.24, 2.45) is 0 Å². The van der Waals surface area contributed by atoms with Crippen molar-refractivity contribution in [2.45, 2.75) is 13.3 Å². The maximum absolute atomic E-state index is 12.9. The van der Waals surface area contributed by atoms with E-state index < -0.39 is 0 Å². The molecule has 25 heavy (non-hydrogen) atoms. The molecule has 1 aromatic heterocycles. The number of halogens is 1. The van der Waals surface area contributed by atoms with Gasteiger partial charge in [0, 0.05) is 18.8 Å². The molecule has 0 bridgehead atoms. The van der Waals surface area contributed by atoms with Crippen LogP contribution in [-0.2, 0) is 6.42 Å². The molecule has 2 aromatic carbocycles. The van der Waals surface area contributed by atoms with E-state index in [0.717, 1.165) is 30.0 Å². The third kappa shape index (κ3) is 4.50. The third-order valence-electron chi connectivity index (χ3n) is 3.82. The van der Waals surface area contributed by atoms with E-state index in [4.69, 9.17) is 0 Å². The van der Waals surface area contributed by atoms with Gasteiger partial charge < -0.3 is 10.2 Å². The van der Waals surface area contributed by atoms with E-state index in [1.165, 1.54) is 12.1 Å². The number of para-hydroxylation sites is 1. The molecule has 1 N–H and O–H groups in total. The molecule has 0 spiro atoms. The molecule has 0 amide bonds. The standard InChI is InChI=1S/C19H20FN5/c1-2-25(17-6-4-3-5-7-17)18-14-22-24-19(23-18)21-13-12-15-8-10-16(20)11-9-15/h3-11,14H,2,12-13H2,1H3,(H,21,23,24). The number of anilines is 3. The third-order valence-corrected chi connectivity index (χ3v) is 3.82. The fraction of sp³-hybridized carbons (Fsp3) is 0.211. The molecule has 6 heteroatoms. The predicted octanol–water partition coefficient (Wildman–Crippen LogP) is 3.82. The summed E-state index contributed by atoms with van der Waals surface area (Å²) >= 11 is 0. The van der Waals surface area contributed by atoms with Crippen molar-refractivity contribution >= 4 is 17.5 Å². The van der Waals surface area contributed by atoms with Crippen LogP contribution < -0.4 is 10.2 Å². The Morgan fingerprint density at radius 2 is 1.80 bits per heavy atom. The minimum atomic E-state index is -0.225. The summed E-state index contributed by atoms with van der Waals surface area (Å²) in [6, 6.07) is 16.5. The average molecular weight is 337 g/mol. The van der Waals surface area contributed by atoms with Gasteiger partial charge in [-0.25, -0.2) is 4.39 Å². The van der Waals surface area contributed by atoms with Gasteiger partial charge in [0.05, 0.1) is 6.20 Å². The monoisotopic (exact) mass is 337 g/mol. The fourth-order valence-electron chi connectivity index (χ4n) is 2.55. The summed E-state index contributed by atoms with van der Waals surface area (Å²) in [4.78, 5) is 6.62. The second-order valence-corrected chi connectivity index (χ2v) is 5.52. The van der Waals surface area contributed by atoms with E-state index in [1.807, 2.05) is 30.3 Å². The first-order valence-corrected chi connectivity index (χ1v) is 8.27. The van der Waals surface area contributed by atoms with E-state index in [9.17, 15) is 4.39 Å². The highest BCUT2D eigenvalue weighted by Gasteiger charge is 2.10. The molecule has 1 heterocycles. The zero-order valence-electron chi connectivity index (χ0n) is 14.1. The first-order valence-electron chi connectivity index (χ1n) is 8.27. The minimum Gasteiger partial charge on any atom is -0.353 e. The molecule has 0 aliphatic carbocycles. The molecule has 0 aliphatic rings. The molecule has 3 aromatic rings. The molecular weight excluding hydrogens is 317 g/mol. The molecule has 0 unspecified atom stereocenters. The number of rotatable bonds is 7. The highest BCUT2D eigenvalue weighted by molar-refractivity contribution is 5.59. The van der Waals surface area contributed by atoms with Crippen LogP contribution in [0.5, 0.6) is 0 Å². The number of aromatic nitrogens is 3. The molecule has 3 rings (SSSR count). The Morgan fingerprint density at radius 1 is 1.04 bits per heavy atom. The van der Waals surface area contributed by atoms with Gasteiger partial charge in [0.15, 0.2) is 5.82 Å². The Bertz CT molecular complexity index is 792. The Balaban J connectivity index is 1.65. The summed E-state index contributed by atoms with van der Waals surface area (Å²) in [5, 5.41) is 11.3. The topological polar surface area (TPSA) is 53.9 Å². The second-order valence-electron chi connectivity index (χ2n) is 5.52. The number of hydrogen-bond acceptors (Lipinski definition) is 5. The first kappa shape index (κ1) is 16.8. The molecule has 5 nitrogen and oxygen atoms in total. The molecule has 0 saturated heterocycles. The highest BCUT2D eigenvalue weighted by Crippen LogP contribution is 2.22. The van der Waals surface area contributed by atoms with Crippen LogP contribution in [0.15, 0.2) is 60.8 Å². The highest BCUT2D eigenvalue weighted by atomic mass is 19.1. The SMILES string of the molecule is CCN(c1ccccc1)c1cnnc(NCCc2ccc(F)cc2)n1. The van der Waals surface area contributed by atoms with Crippen LogP contribution in [0.1, 0.15) is 12.5 Å². The molecular formula is C19H20FN5. The zero-order valence-corrected chi connectivity index (χ0v) is 14.1. The summed E-state index contributed by atoms with van der Waals surface area (Å²) in [7, 11) is 0. The van der Waals surface area contributed by atoms with Crippen molar-refractivity contribution in [1.82, 2.24) is 15.2 Å². The molecule has 0 atom stereocenters. The minimum absolute atomic E-state index is 0.225. The lowest BCUT2D eigenvalue weighted by atomic mass is 10.1. The smallest absolute Gasteiger partial charge is 0.244 e. The maximum atomic E-state index is 12.9. The Morgan fingerprint density at radius 3 is 2.52 bits per heavy atom. The van der Waals surface area contributed by atoms with Crippen LogP contribution in [0.2, 0.25) is 0 Å². The quantitative estimate of drug-likeness (QED) is 0.710. The van der Waals surface area contributed by atoms with Crippen LogP contribution in [0.4, 0.5) is 21.8 Å². The van der Waals surface area contributed by atoms with Crippen LogP contribution in [0, 0.1) is 5.82 Å². The molecule has 0 radical (unpaired) electrons. The predicted molar refractivity (Wildman–Crippen MR) is 97.5 cm³/mol. The summed E-state index contributed by atoms with van der Waals surface area (Å²) in [5.74, 6) is 1.000. The van der Waals surface area contributed by atoms with Gasteiger partial charge in [-0.05, 0) is 43.2 Å². The molecule has 0 fully saturated rings. The van der Waals surface area contributed by atoms with Gasteiger partial charge in [-0.3, -0.25) is 0 Å². The van der Waals surface area contributed by atoms with Crippen LogP contribution >= 0.6 is 0 Å². The molecule has 128 valence electrons. The lowest BCUT2D eigenvalue weighted by Crippen LogP contribution is -2.19. The van der Waals surface area contributed by atoms with Crippen molar-refractivity contribution in [3.8, 4) is 0 Å². The fourth-order valence-corrected chi connectivity index (χ4v) is 2.55. The lowest BCUT2D eigenvalue weighted by molar-refractivity contribution is 0.627. The van der Waals surface area contributed by atoms with E-state index in [0.29, 0.717) is 12.5 Å². The average Bonchev–Trinajstić information content (AvgIpc) is 2.65. The summed E-state index contributed by atoms with van der Waals surface area (Å²) in [6.45, 7) is 3.49. The largest absolute Gasteiger partial charge is 0.353 e. The van der Waals surface area contributed by atoms with E-state index in [1.54, 1.807) is 18.3 Å². The molecule has 0 saturated carbocycles. The van der Waals surface area contributed by atoms with Crippen molar-refractivity contribution in [3.05, 3.63) is 72.2 Å². The van der Waals surface area contributed by atoms with Crippen molar-refractivity contribution in [3.63, 3.8) is 0 Å². The van der Waals surface area contributed by atoms with Crippen molar-refractivity contribution < 1.29 is 4.39 Å².